The largest absolute Gasteiger partial charge is 0.481 e. The second-order valence-electron chi connectivity index (χ2n) is 3.50. The number of carbonyl (C=O) groups excluding carboxylic acids is 1. The summed E-state index contributed by atoms with van der Waals surface area (Å²) in [6, 6.07) is -0.217. The van der Waals surface area contributed by atoms with Gasteiger partial charge in [0, 0.05) is 32.1 Å². The number of aryl methyl sites for hydroxylation is 1. The summed E-state index contributed by atoms with van der Waals surface area (Å²) in [7, 11) is 1.75. The number of nitrogens with zero attached hydrogens (tertiary/aromatic N) is 3. The van der Waals surface area contributed by atoms with E-state index < -0.39 is 5.97 Å². The van der Waals surface area contributed by atoms with Gasteiger partial charge in [0.25, 0.3) is 0 Å². The Hall–Kier alpha value is -1.92. The molecule has 0 spiro atoms. The Morgan fingerprint density at radius 2 is 2.50 bits per heavy atom. The molecule has 0 bridgehead atoms. The van der Waals surface area contributed by atoms with Crippen molar-refractivity contribution >= 4 is 12.4 Å². The van der Waals surface area contributed by atoms with Crippen molar-refractivity contribution in [3.8, 4) is 0 Å². The minimum Gasteiger partial charge on any atom is -0.481 e. The number of aliphatic carboxylic acids is 1. The van der Waals surface area contributed by atoms with Crippen LogP contribution in [0.15, 0.2) is 6.20 Å². The average molecular weight is 226 g/mol. The third-order valence-corrected chi connectivity index (χ3v) is 2.12. The highest BCUT2D eigenvalue weighted by Crippen LogP contribution is 2.04. The summed E-state index contributed by atoms with van der Waals surface area (Å²) in [4.78, 5) is 20.8. The molecule has 0 saturated heterocycles. The van der Waals surface area contributed by atoms with Crippen LogP contribution in [0.3, 0.4) is 0 Å². The molecule has 1 unspecified atom stereocenters. The summed E-state index contributed by atoms with van der Waals surface area (Å²) < 4.78 is 1.56. The van der Waals surface area contributed by atoms with Gasteiger partial charge in [-0.2, -0.15) is 0 Å². The lowest BCUT2D eigenvalue weighted by atomic mass is 10.1. The Morgan fingerprint density at radius 3 is 3.00 bits per heavy atom. The monoisotopic (exact) mass is 226 g/mol. The molecule has 1 rings (SSSR count). The highest BCUT2D eigenvalue weighted by Gasteiger charge is 2.12. The van der Waals surface area contributed by atoms with Gasteiger partial charge in [0.2, 0.25) is 6.41 Å². The molecule has 16 heavy (non-hydrogen) atoms. The normalized spacial score (nSPS) is 12.1. The lowest BCUT2D eigenvalue weighted by Gasteiger charge is -2.12. The van der Waals surface area contributed by atoms with Crippen LogP contribution in [0.5, 0.6) is 0 Å². The summed E-state index contributed by atoms with van der Waals surface area (Å²) in [5.41, 5.74) is 0.729. The van der Waals surface area contributed by atoms with Crippen LogP contribution in [0.2, 0.25) is 0 Å². The van der Waals surface area contributed by atoms with Crippen molar-refractivity contribution < 1.29 is 14.7 Å². The van der Waals surface area contributed by atoms with E-state index in [2.05, 4.69) is 15.6 Å². The Morgan fingerprint density at radius 1 is 1.75 bits per heavy atom. The number of carboxylic acid groups (broad SMARTS) is 1. The molecular formula is C9H14N4O3. The first-order valence-electron chi connectivity index (χ1n) is 4.88. The fourth-order valence-corrected chi connectivity index (χ4v) is 1.38. The highest BCUT2D eigenvalue weighted by molar-refractivity contribution is 5.66. The summed E-state index contributed by atoms with van der Waals surface area (Å²) in [5, 5.41) is 18.8. The number of carboxylic acids is 1. The Kier molecular flexibility index (Phi) is 4.43. The van der Waals surface area contributed by atoms with Crippen molar-refractivity contribution in [2.75, 3.05) is 0 Å². The number of amides is 1. The molecule has 1 heterocycles. The van der Waals surface area contributed by atoms with Crippen LogP contribution in [0.4, 0.5) is 0 Å². The SMILES string of the molecule is Cn1cc(CC(CCC(=O)O)NC=O)nn1. The summed E-state index contributed by atoms with van der Waals surface area (Å²) in [5.74, 6) is -0.878. The second kappa shape index (κ2) is 5.84. The van der Waals surface area contributed by atoms with Gasteiger partial charge in [-0.25, -0.2) is 0 Å². The van der Waals surface area contributed by atoms with Gasteiger partial charge in [0.05, 0.1) is 5.69 Å². The average Bonchev–Trinajstić information content (AvgIpc) is 2.61. The van der Waals surface area contributed by atoms with Crippen LogP contribution in [0.25, 0.3) is 0 Å². The van der Waals surface area contributed by atoms with Crippen molar-refractivity contribution in [2.24, 2.45) is 7.05 Å². The zero-order chi connectivity index (χ0) is 12.0. The first-order chi connectivity index (χ1) is 7.61. The van der Waals surface area contributed by atoms with Gasteiger partial charge in [-0.05, 0) is 6.42 Å². The number of hydrogen-bond donors (Lipinski definition) is 2. The third kappa shape index (κ3) is 4.07. The Balaban J connectivity index is 2.49. The maximum absolute atomic E-state index is 10.4. The van der Waals surface area contributed by atoms with E-state index in [4.69, 9.17) is 5.11 Å². The van der Waals surface area contributed by atoms with E-state index in [9.17, 15) is 9.59 Å². The number of carbonyl (C=O) groups is 2. The van der Waals surface area contributed by atoms with Crippen LogP contribution in [-0.4, -0.2) is 38.5 Å². The zero-order valence-electron chi connectivity index (χ0n) is 8.96. The van der Waals surface area contributed by atoms with Gasteiger partial charge in [-0.1, -0.05) is 5.21 Å². The quantitative estimate of drug-likeness (QED) is 0.601. The molecule has 0 aromatic carbocycles. The number of hydrogen-bond acceptors (Lipinski definition) is 4. The van der Waals surface area contributed by atoms with E-state index in [-0.39, 0.29) is 12.5 Å². The van der Waals surface area contributed by atoms with Crippen molar-refractivity contribution in [1.29, 1.82) is 0 Å². The van der Waals surface area contributed by atoms with E-state index >= 15 is 0 Å². The number of nitrogens with one attached hydrogen (secondary N) is 1. The first-order valence-corrected chi connectivity index (χ1v) is 4.88. The van der Waals surface area contributed by atoms with Crippen molar-refractivity contribution in [2.45, 2.75) is 25.3 Å². The minimum absolute atomic E-state index is 0.0196. The summed E-state index contributed by atoms with van der Waals surface area (Å²) >= 11 is 0. The van der Waals surface area contributed by atoms with Crippen molar-refractivity contribution in [1.82, 2.24) is 20.3 Å². The van der Waals surface area contributed by atoms with Crippen LogP contribution in [0, 0.1) is 0 Å². The third-order valence-electron chi connectivity index (χ3n) is 2.12. The molecule has 1 atom stereocenters. The molecular weight excluding hydrogens is 212 g/mol. The topological polar surface area (TPSA) is 97.1 Å². The molecule has 7 heteroatoms. The number of aromatic nitrogens is 3. The summed E-state index contributed by atoms with van der Waals surface area (Å²) in [6.45, 7) is 0. The molecule has 0 fully saturated rings. The van der Waals surface area contributed by atoms with E-state index in [0.29, 0.717) is 19.3 Å². The molecule has 88 valence electrons. The van der Waals surface area contributed by atoms with E-state index in [1.165, 1.54) is 0 Å². The van der Waals surface area contributed by atoms with Crippen LogP contribution in [-0.2, 0) is 23.1 Å². The molecule has 0 saturated carbocycles. The molecule has 2 N–H and O–H groups in total. The van der Waals surface area contributed by atoms with Crippen molar-refractivity contribution in [3.63, 3.8) is 0 Å². The lowest BCUT2D eigenvalue weighted by Crippen LogP contribution is -2.30. The molecule has 0 aliphatic heterocycles. The standard InChI is InChI=1S/C9H14N4O3/c1-13-5-8(11-12-13)4-7(10-6-14)2-3-9(15)16/h5-7H,2-4H2,1H3,(H,10,14)(H,15,16). The zero-order valence-corrected chi connectivity index (χ0v) is 8.96. The lowest BCUT2D eigenvalue weighted by molar-refractivity contribution is -0.137. The molecule has 1 aromatic heterocycles. The van der Waals surface area contributed by atoms with Gasteiger partial charge >= 0.3 is 5.97 Å². The van der Waals surface area contributed by atoms with E-state index in [0.717, 1.165) is 5.69 Å². The predicted molar refractivity (Wildman–Crippen MR) is 54.6 cm³/mol. The maximum Gasteiger partial charge on any atom is 0.303 e. The van der Waals surface area contributed by atoms with Gasteiger partial charge < -0.3 is 10.4 Å². The maximum atomic E-state index is 10.4. The van der Waals surface area contributed by atoms with Crippen LogP contribution < -0.4 is 5.32 Å². The smallest absolute Gasteiger partial charge is 0.303 e. The highest BCUT2D eigenvalue weighted by atomic mass is 16.4. The molecule has 0 aliphatic rings. The van der Waals surface area contributed by atoms with Gasteiger partial charge in [0.1, 0.15) is 0 Å². The fourth-order valence-electron chi connectivity index (χ4n) is 1.38. The van der Waals surface area contributed by atoms with Gasteiger partial charge in [-0.3, -0.25) is 14.3 Å². The van der Waals surface area contributed by atoms with Crippen molar-refractivity contribution in [3.05, 3.63) is 11.9 Å². The van der Waals surface area contributed by atoms with E-state index in [1.807, 2.05) is 0 Å². The fraction of sp³-hybridized carbons (Fsp3) is 0.556. The minimum atomic E-state index is -0.878. The van der Waals surface area contributed by atoms with Gasteiger partial charge in [-0.15, -0.1) is 5.10 Å². The van der Waals surface area contributed by atoms with Gasteiger partial charge in [0.15, 0.2) is 0 Å². The summed E-state index contributed by atoms with van der Waals surface area (Å²) in [6.07, 6.45) is 3.19. The Labute approximate surface area is 92.4 Å². The van der Waals surface area contributed by atoms with Crippen LogP contribution in [0.1, 0.15) is 18.5 Å². The van der Waals surface area contributed by atoms with Crippen LogP contribution >= 0.6 is 0 Å². The Bertz CT molecular complexity index is 363. The molecule has 1 amide bonds. The molecule has 0 radical (unpaired) electrons. The first kappa shape index (κ1) is 12.2. The van der Waals surface area contributed by atoms with E-state index in [1.54, 1.807) is 17.9 Å². The molecule has 1 aromatic rings. The number of rotatable bonds is 7. The molecule has 0 aliphatic carbocycles. The predicted octanol–water partition coefficient (Wildman–Crippen LogP) is -0.663. The molecule has 7 nitrogen and oxygen atoms in total. The second-order valence-corrected chi connectivity index (χ2v) is 3.50.